The summed E-state index contributed by atoms with van der Waals surface area (Å²) in [5.74, 6) is 0. The van der Waals surface area contributed by atoms with E-state index in [2.05, 4.69) is 18.9 Å². The van der Waals surface area contributed by atoms with Gasteiger partial charge in [-0.05, 0) is 33.6 Å². The van der Waals surface area contributed by atoms with Crippen LogP contribution in [0.2, 0.25) is 5.02 Å². The van der Waals surface area contributed by atoms with Crippen LogP contribution in [0.5, 0.6) is 0 Å². The molecule has 0 aliphatic rings. The van der Waals surface area contributed by atoms with Crippen molar-refractivity contribution in [2.24, 2.45) is 5.73 Å². The van der Waals surface area contributed by atoms with Gasteiger partial charge in [-0.25, -0.2) is 0 Å². The molecule has 0 amide bonds. The summed E-state index contributed by atoms with van der Waals surface area (Å²) in [6.07, 6.45) is 3.46. The highest BCUT2D eigenvalue weighted by Gasteiger charge is 2.18. The molecular formula is C12H22ClN3O. The molecule has 1 aromatic rings. The van der Waals surface area contributed by atoms with Gasteiger partial charge in [-0.2, -0.15) is 5.10 Å². The van der Waals surface area contributed by atoms with Crippen LogP contribution < -0.4 is 5.73 Å². The highest BCUT2D eigenvalue weighted by molar-refractivity contribution is 6.31. The molecule has 5 heteroatoms. The van der Waals surface area contributed by atoms with Gasteiger partial charge >= 0.3 is 0 Å². The summed E-state index contributed by atoms with van der Waals surface area (Å²) in [6.45, 7) is 7.63. The Morgan fingerprint density at radius 1 is 1.53 bits per heavy atom. The lowest BCUT2D eigenvalue weighted by Gasteiger charge is -2.17. The lowest BCUT2D eigenvalue weighted by molar-refractivity contribution is 0.141. The number of hydrogen-bond donors (Lipinski definition) is 1. The van der Waals surface area contributed by atoms with Crippen LogP contribution in [-0.4, -0.2) is 23.0 Å². The fourth-order valence-electron chi connectivity index (χ4n) is 1.80. The van der Waals surface area contributed by atoms with E-state index in [4.69, 9.17) is 22.1 Å². The van der Waals surface area contributed by atoms with E-state index in [1.807, 2.05) is 11.6 Å². The highest BCUT2D eigenvalue weighted by Crippen LogP contribution is 2.26. The second-order valence-electron chi connectivity index (χ2n) is 4.36. The second-order valence-corrected chi connectivity index (χ2v) is 4.77. The number of hydrogen-bond acceptors (Lipinski definition) is 3. The average Bonchev–Trinajstić information content (AvgIpc) is 2.66. The lowest BCUT2D eigenvalue weighted by atomic mass is 10.1. The molecule has 0 aliphatic carbocycles. The second kappa shape index (κ2) is 6.99. The van der Waals surface area contributed by atoms with E-state index in [0.717, 1.165) is 31.7 Å². The summed E-state index contributed by atoms with van der Waals surface area (Å²) < 4.78 is 7.19. The molecule has 1 atom stereocenters. The van der Waals surface area contributed by atoms with Crippen molar-refractivity contribution < 1.29 is 4.74 Å². The van der Waals surface area contributed by atoms with Gasteiger partial charge in [-0.15, -0.1) is 0 Å². The van der Waals surface area contributed by atoms with Gasteiger partial charge in [0.05, 0.1) is 16.9 Å². The number of rotatable bonds is 7. The van der Waals surface area contributed by atoms with Gasteiger partial charge in [0.2, 0.25) is 0 Å². The van der Waals surface area contributed by atoms with Crippen molar-refractivity contribution in [1.29, 1.82) is 0 Å². The Kier molecular flexibility index (Phi) is 5.95. The Hall–Kier alpha value is -0.580. The highest BCUT2D eigenvalue weighted by atomic mass is 35.5. The Bertz CT molecular complexity index is 338. The van der Waals surface area contributed by atoms with Crippen LogP contribution in [0.4, 0.5) is 0 Å². The van der Waals surface area contributed by atoms with E-state index >= 15 is 0 Å². The summed E-state index contributed by atoms with van der Waals surface area (Å²) >= 11 is 6.13. The summed E-state index contributed by atoms with van der Waals surface area (Å²) in [6, 6.07) is 0.197. The molecule has 1 heterocycles. The molecule has 4 nitrogen and oxygen atoms in total. The van der Waals surface area contributed by atoms with Crippen molar-refractivity contribution in [3.8, 4) is 0 Å². The summed E-state index contributed by atoms with van der Waals surface area (Å²) in [4.78, 5) is 0. The van der Waals surface area contributed by atoms with E-state index < -0.39 is 0 Å². The SMILES string of the molecule is CCOCCCC(N)c1c(Cl)cnn1C(C)C. The predicted molar refractivity (Wildman–Crippen MR) is 70.3 cm³/mol. The molecule has 1 rings (SSSR count). The third-order valence-corrected chi connectivity index (χ3v) is 2.93. The Morgan fingerprint density at radius 2 is 2.24 bits per heavy atom. The number of ether oxygens (including phenoxy) is 1. The van der Waals surface area contributed by atoms with Crippen molar-refractivity contribution in [2.75, 3.05) is 13.2 Å². The molecule has 0 saturated carbocycles. The molecule has 0 saturated heterocycles. The van der Waals surface area contributed by atoms with Crippen LogP contribution in [0.15, 0.2) is 6.20 Å². The van der Waals surface area contributed by atoms with E-state index in [-0.39, 0.29) is 12.1 Å². The van der Waals surface area contributed by atoms with Gasteiger partial charge in [-0.1, -0.05) is 11.6 Å². The maximum Gasteiger partial charge on any atom is 0.0834 e. The predicted octanol–water partition coefficient (Wildman–Crippen LogP) is 2.93. The van der Waals surface area contributed by atoms with Gasteiger partial charge in [0.15, 0.2) is 0 Å². The molecule has 0 bridgehead atoms. The number of nitrogens with zero attached hydrogens (tertiary/aromatic N) is 2. The van der Waals surface area contributed by atoms with Crippen molar-refractivity contribution in [1.82, 2.24) is 9.78 Å². The molecule has 0 radical (unpaired) electrons. The van der Waals surface area contributed by atoms with Crippen LogP contribution >= 0.6 is 11.6 Å². The summed E-state index contributed by atoms with van der Waals surface area (Å²) in [5, 5.41) is 4.91. The number of halogens is 1. The van der Waals surface area contributed by atoms with E-state index in [0.29, 0.717) is 5.02 Å². The zero-order valence-corrected chi connectivity index (χ0v) is 11.6. The first-order chi connectivity index (χ1) is 8.07. The van der Waals surface area contributed by atoms with E-state index in [1.54, 1.807) is 6.20 Å². The minimum Gasteiger partial charge on any atom is -0.382 e. The van der Waals surface area contributed by atoms with Crippen LogP contribution in [0.3, 0.4) is 0 Å². The smallest absolute Gasteiger partial charge is 0.0834 e. The topological polar surface area (TPSA) is 53.1 Å². The zero-order valence-electron chi connectivity index (χ0n) is 10.8. The monoisotopic (exact) mass is 259 g/mol. The minimum atomic E-state index is -0.0761. The first-order valence-electron chi connectivity index (χ1n) is 6.14. The maximum atomic E-state index is 6.16. The molecule has 0 aliphatic heterocycles. The van der Waals surface area contributed by atoms with Crippen LogP contribution in [0.25, 0.3) is 0 Å². The number of nitrogens with two attached hydrogens (primary N) is 1. The van der Waals surface area contributed by atoms with Crippen molar-refractivity contribution >= 4 is 11.6 Å². The molecule has 0 aromatic carbocycles. The van der Waals surface area contributed by atoms with Crippen LogP contribution in [0, 0.1) is 0 Å². The number of aromatic nitrogens is 2. The molecule has 0 fully saturated rings. The molecule has 98 valence electrons. The first-order valence-corrected chi connectivity index (χ1v) is 6.52. The van der Waals surface area contributed by atoms with E-state index in [9.17, 15) is 0 Å². The van der Waals surface area contributed by atoms with Gasteiger partial charge in [0, 0.05) is 25.3 Å². The van der Waals surface area contributed by atoms with Crippen molar-refractivity contribution in [3.63, 3.8) is 0 Å². The standard InChI is InChI=1S/C12H22ClN3O/c1-4-17-7-5-6-11(14)12-10(13)8-15-16(12)9(2)3/h8-9,11H,4-7,14H2,1-3H3. The Labute approximate surface area is 108 Å². The normalized spacial score (nSPS) is 13.3. The van der Waals surface area contributed by atoms with Gasteiger partial charge < -0.3 is 10.5 Å². The largest absolute Gasteiger partial charge is 0.382 e. The minimum absolute atomic E-state index is 0.0761. The molecule has 2 N–H and O–H groups in total. The van der Waals surface area contributed by atoms with Crippen molar-refractivity contribution in [2.45, 2.75) is 45.7 Å². The molecule has 1 unspecified atom stereocenters. The first kappa shape index (κ1) is 14.5. The fraction of sp³-hybridized carbons (Fsp3) is 0.750. The Balaban J connectivity index is 2.61. The third-order valence-electron chi connectivity index (χ3n) is 2.64. The Morgan fingerprint density at radius 3 is 2.82 bits per heavy atom. The molecule has 17 heavy (non-hydrogen) atoms. The van der Waals surface area contributed by atoms with Gasteiger partial charge in [0.25, 0.3) is 0 Å². The summed E-state index contributed by atoms with van der Waals surface area (Å²) in [7, 11) is 0. The third kappa shape index (κ3) is 3.98. The maximum absolute atomic E-state index is 6.16. The van der Waals surface area contributed by atoms with E-state index in [1.165, 1.54) is 0 Å². The average molecular weight is 260 g/mol. The fourth-order valence-corrected chi connectivity index (χ4v) is 2.07. The van der Waals surface area contributed by atoms with Crippen molar-refractivity contribution in [3.05, 3.63) is 16.9 Å². The van der Waals surface area contributed by atoms with Gasteiger partial charge in [-0.3, -0.25) is 4.68 Å². The quantitative estimate of drug-likeness (QED) is 0.766. The molecule has 1 aromatic heterocycles. The van der Waals surface area contributed by atoms with Crippen LogP contribution in [0.1, 0.15) is 51.4 Å². The molecule has 0 spiro atoms. The zero-order chi connectivity index (χ0) is 12.8. The van der Waals surface area contributed by atoms with Gasteiger partial charge in [0.1, 0.15) is 0 Å². The molecular weight excluding hydrogens is 238 g/mol. The summed E-state index contributed by atoms with van der Waals surface area (Å²) in [5.41, 5.74) is 7.09. The lowest BCUT2D eigenvalue weighted by Crippen LogP contribution is -2.18. The van der Waals surface area contributed by atoms with Crippen LogP contribution in [-0.2, 0) is 4.74 Å².